The molecular formula is C12H12O3. The molecule has 15 heavy (non-hydrogen) atoms. The highest BCUT2D eigenvalue weighted by molar-refractivity contribution is 5.91. The topological polar surface area (TPSA) is 43.4 Å². The van der Waals surface area contributed by atoms with E-state index < -0.39 is 5.60 Å². The summed E-state index contributed by atoms with van der Waals surface area (Å²) in [6.07, 6.45) is 1.86. The van der Waals surface area contributed by atoms with Crippen molar-refractivity contribution in [2.75, 3.05) is 0 Å². The summed E-state index contributed by atoms with van der Waals surface area (Å²) in [5, 5.41) is 0. The number of carbonyl (C=O) groups excluding carboxylic acids is 2. The summed E-state index contributed by atoms with van der Waals surface area (Å²) in [6, 6.07) is 9.21. The first-order chi connectivity index (χ1) is 7.29. The molecule has 0 amide bonds. The quantitative estimate of drug-likeness (QED) is 0.705. The lowest BCUT2D eigenvalue weighted by Gasteiger charge is -2.25. The summed E-state index contributed by atoms with van der Waals surface area (Å²) in [7, 11) is 0. The van der Waals surface area contributed by atoms with E-state index in [1.54, 1.807) is 0 Å². The molecular weight excluding hydrogens is 192 g/mol. The molecule has 1 fully saturated rings. The van der Waals surface area contributed by atoms with Crippen LogP contribution in [0.1, 0.15) is 24.8 Å². The summed E-state index contributed by atoms with van der Waals surface area (Å²) >= 11 is 0. The second kappa shape index (κ2) is 3.85. The normalized spacial score (nSPS) is 25.2. The average Bonchev–Trinajstić information content (AvgIpc) is 2.63. The zero-order valence-corrected chi connectivity index (χ0v) is 8.31. The van der Waals surface area contributed by atoms with Crippen molar-refractivity contribution in [2.45, 2.75) is 24.9 Å². The first-order valence-electron chi connectivity index (χ1n) is 5.00. The van der Waals surface area contributed by atoms with Gasteiger partial charge in [-0.3, -0.25) is 9.59 Å². The average molecular weight is 204 g/mol. The molecule has 1 aliphatic carbocycles. The molecule has 1 aromatic carbocycles. The second-order valence-electron chi connectivity index (χ2n) is 3.68. The maximum Gasteiger partial charge on any atom is 0.294 e. The number of Topliss-reactive ketones (excluding diaryl/α,β-unsaturated/α-hetero) is 1. The fraction of sp³-hybridized carbons (Fsp3) is 0.333. The smallest absolute Gasteiger partial charge is 0.294 e. The van der Waals surface area contributed by atoms with E-state index in [9.17, 15) is 9.59 Å². The van der Waals surface area contributed by atoms with E-state index in [0.29, 0.717) is 19.3 Å². The summed E-state index contributed by atoms with van der Waals surface area (Å²) in [5.74, 6) is 0.000741. The van der Waals surface area contributed by atoms with Crippen molar-refractivity contribution in [2.24, 2.45) is 0 Å². The number of rotatable bonds is 3. The third-order valence-electron chi connectivity index (χ3n) is 2.87. The van der Waals surface area contributed by atoms with Crippen molar-refractivity contribution < 1.29 is 14.3 Å². The standard InChI is InChI=1S/C12H12O3/c13-9-15-12(8-4-7-11(12)14)10-5-2-1-3-6-10/h1-3,5-6,9H,4,7-8H2. The minimum Gasteiger partial charge on any atom is -0.448 e. The zero-order valence-electron chi connectivity index (χ0n) is 8.31. The van der Waals surface area contributed by atoms with Crippen LogP contribution in [0.4, 0.5) is 0 Å². The van der Waals surface area contributed by atoms with Crippen LogP contribution in [0.25, 0.3) is 0 Å². The molecule has 1 unspecified atom stereocenters. The highest BCUT2D eigenvalue weighted by atomic mass is 16.5. The molecule has 3 nitrogen and oxygen atoms in total. The third kappa shape index (κ3) is 1.54. The maximum absolute atomic E-state index is 11.8. The molecule has 0 bridgehead atoms. The van der Waals surface area contributed by atoms with Crippen molar-refractivity contribution >= 4 is 12.3 Å². The SMILES string of the molecule is O=COC1(c2ccccc2)CCCC1=O. The summed E-state index contributed by atoms with van der Waals surface area (Å²) in [5.41, 5.74) is -0.233. The molecule has 3 heteroatoms. The molecule has 0 aromatic heterocycles. The van der Waals surface area contributed by atoms with Gasteiger partial charge in [-0.15, -0.1) is 0 Å². The highest BCUT2D eigenvalue weighted by Gasteiger charge is 2.45. The number of hydrogen-bond donors (Lipinski definition) is 0. The van der Waals surface area contributed by atoms with Crippen LogP contribution in [0, 0.1) is 0 Å². The summed E-state index contributed by atoms with van der Waals surface area (Å²) < 4.78 is 5.06. The van der Waals surface area contributed by atoms with Crippen molar-refractivity contribution in [1.29, 1.82) is 0 Å². The summed E-state index contributed by atoms with van der Waals surface area (Å²) in [6.45, 7) is 0.371. The summed E-state index contributed by atoms with van der Waals surface area (Å²) in [4.78, 5) is 22.3. The molecule has 0 aliphatic heterocycles. The molecule has 0 radical (unpaired) electrons. The van der Waals surface area contributed by atoms with Gasteiger partial charge in [0.1, 0.15) is 0 Å². The Kier molecular flexibility index (Phi) is 2.54. The van der Waals surface area contributed by atoms with Crippen LogP contribution < -0.4 is 0 Å². The van der Waals surface area contributed by atoms with E-state index in [2.05, 4.69) is 0 Å². The molecule has 0 N–H and O–H groups in total. The number of ether oxygens (including phenoxy) is 1. The molecule has 2 rings (SSSR count). The number of ketones is 1. The van der Waals surface area contributed by atoms with Crippen LogP contribution in [0.5, 0.6) is 0 Å². The van der Waals surface area contributed by atoms with E-state index in [-0.39, 0.29) is 5.78 Å². The Morgan fingerprint density at radius 3 is 2.53 bits per heavy atom. The fourth-order valence-electron chi connectivity index (χ4n) is 2.13. The van der Waals surface area contributed by atoms with Gasteiger partial charge in [-0.25, -0.2) is 0 Å². The van der Waals surface area contributed by atoms with Gasteiger partial charge >= 0.3 is 0 Å². The molecule has 0 heterocycles. The van der Waals surface area contributed by atoms with Crippen molar-refractivity contribution in [3.63, 3.8) is 0 Å². The lowest BCUT2D eigenvalue weighted by atomic mass is 9.91. The molecule has 1 atom stereocenters. The molecule has 78 valence electrons. The second-order valence-corrected chi connectivity index (χ2v) is 3.68. The van der Waals surface area contributed by atoms with Gasteiger partial charge in [-0.1, -0.05) is 30.3 Å². The molecule has 1 saturated carbocycles. The third-order valence-corrected chi connectivity index (χ3v) is 2.87. The van der Waals surface area contributed by atoms with Crippen molar-refractivity contribution in [3.8, 4) is 0 Å². The van der Waals surface area contributed by atoms with Gasteiger partial charge in [0.25, 0.3) is 6.47 Å². The van der Waals surface area contributed by atoms with Crippen LogP contribution >= 0.6 is 0 Å². The Balaban J connectivity index is 2.43. The van der Waals surface area contributed by atoms with Crippen molar-refractivity contribution in [1.82, 2.24) is 0 Å². The van der Waals surface area contributed by atoms with E-state index in [1.807, 2.05) is 30.3 Å². The van der Waals surface area contributed by atoms with E-state index in [0.717, 1.165) is 12.0 Å². The fourth-order valence-corrected chi connectivity index (χ4v) is 2.13. The Bertz CT molecular complexity index is 372. The number of carbonyl (C=O) groups is 2. The zero-order chi connectivity index (χ0) is 10.7. The Morgan fingerprint density at radius 1 is 1.27 bits per heavy atom. The number of hydrogen-bond acceptors (Lipinski definition) is 3. The van der Waals surface area contributed by atoms with Crippen LogP contribution in [-0.4, -0.2) is 12.3 Å². The lowest BCUT2D eigenvalue weighted by molar-refractivity contribution is -0.155. The van der Waals surface area contributed by atoms with E-state index >= 15 is 0 Å². The van der Waals surface area contributed by atoms with Gasteiger partial charge in [0.15, 0.2) is 11.4 Å². The lowest BCUT2D eigenvalue weighted by Crippen LogP contribution is -2.33. The minimum atomic E-state index is -1.01. The predicted molar refractivity (Wildman–Crippen MR) is 54.1 cm³/mol. The van der Waals surface area contributed by atoms with Crippen LogP contribution in [0.15, 0.2) is 30.3 Å². The highest BCUT2D eigenvalue weighted by Crippen LogP contribution is 2.38. The first-order valence-corrected chi connectivity index (χ1v) is 5.00. The van der Waals surface area contributed by atoms with Gasteiger partial charge in [0.05, 0.1) is 0 Å². The Labute approximate surface area is 88.1 Å². The molecule has 1 aliphatic rings. The Hall–Kier alpha value is -1.64. The maximum atomic E-state index is 11.8. The van der Waals surface area contributed by atoms with E-state index in [4.69, 9.17) is 4.74 Å². The minimum absolute atomic E-state index is 0.000741. The van der Waals surface area contributed by atoms with Crippen LogP contribution in [-0.2, 0) is 19.9 Å². The van der Waals surface area contributed by atoms with Gasteiger partial charge in [0.2, 0.25) is 0 Å². The van der Waals surface area contributed by atoms with Crippen molar-refractivity contribution in [3.05, 3.63) is 35.9 Å². The monoisotopic (exact) mass is 204 g/mol. The van der Waals surface area contributed by atoms with Crippen LogP contribution in [0.2, 0.25) is 0 Å². The van der Waals surface area contributed by atoms with Gasteiger partial charge in [0, 0.05) is 12.0 Å². The van der Waals surface area contributed by atoms with Gasteiger partial charge < -0.3 is 4.74 Å². The van der Waals surface area contributed by atoms with Crippen LogP contribution in [0.3, 0.4) is 0 Å². The predicted octanol–water partition coefficient (Wildman–Crippen LogP) is 1.81. The van der Waals surface area contributed by atoms with Gasteiger partial charge in [-0.05, 0) is 12.8 Å². The molecule has 0 saturated heterocycles. The molecule has 1 aromatic rings. The first kappa shape index (κ1) is 9.90. The Morgan fingerprint density at radius 2 is 2.00 bits per heavy atom. The molecule has 0 spiro atoms. The van der Waals surface area contributed by atoms with Gasteiger partial charge in [-0.2, -0.15) is 0 Å². The number of benzene rings is 1. The van der Waals surface area contributed by atoms with E-state index in [1.165, 1.54) is 0 Å². The largest absolute Gasteiger partial charge is 0.448 e.